The van der Waals surface area contributed by atoms with Gasteiger partial charge in [-0.1, -0.05) is 60.7 Å². The van der Waals surface area contributed by atoms with E-state index in [0.717, 1.165) is 45.6 Å². The zero-order valence-corrected chi connectivity index (χ0v) is 11.9. The molecule has 2 atom stereocenters. The summed E-state index contributed by atoms with van der Waals surface area (Å²) in [5.74, 6) is -0.611. The third-order valence-corrected chi connectivity index (χ3v) is 4.59. The van der Waals surface area contributed by atoms with E-state index in [2.05, 4.69) is 0 Å². The van der Waals surface area contributed by atoms with Crippen molar-refractivity contribution in [1.82, 2.24) is 0 Å². The number of rotatable bonds is 2. The summed E-state index contributed by atoms with van der Waals surface area (Å²) in [4.78, 5) is 23.6. The van der Waals surface area contributed by atoms with Crippen LogP contribution in [0.5, 0.6) is 0 Å². The Morgan fingerprint density at radius 1 is 0.636 bits per heavy atom. The first kappa shape index (κ1) is 13.0. The van der Waals surface area contributed by atoms with Crippen molar-refractivity contribution in [2.75, 3.05) is 0 Å². The number of fused-ring (bicyclic) bond motifs is 4. The van der Waals surface area contributed by atoms with Crippen LogP contribution in [0.1, 0.15) is 34.1 Å². The van der Waals surface area contributed by atoms with Crippen LogP contribution in [0.15, 0.2) is 60.7 Å². The summed E-state index contributed by atoms with van der Waals surface area (Å²) in [6, 6.07) is 19.8. The van der Waals surface area contributed by atoms with E-state index in [-0.39, 0.29) is 11.8 Å². The Morgan fingerprint density at radius 2 is 1.27 bits per heavy atom. The van der Waals surface area contributed by atoms with E-state index in [1.165, 1.54) is 0 Å². The molecular formula is C20H14O2. The molecule has 1 aliphatic carbocycles. The second-order valence-electron chi connectivity index (χ2n) is 5.65. The molecule has 0 aromatic heterocycles. The molecule has 3 aromatic carbocycles. The number of carbonyl (C=O) groups excluding carboxylic acids is 2. The fourth-order valence-electron chi connectivity index (χ4n) is 3.62. The molecule has 3 aromatic rings. The molecule has 0 saturated carbocycles. The lowest BCUT2D eigenvalue weighted by atomic mass is 9.72. The van der Waals surface area contributed by atoms with Crippen LogP contribution in [0.3, 0.4) is 0 Å². The molecule has 0 radical (unpaired) electrons. The van der Waals surface area contributed by atoms with Crippen LogP contribution in [-0.4, -0.2) is 12.6 Å². The largest absolute Gasteiger partial charge is 0.302 e. The molecule has 0 aliphatic heterocycles. The molecule has 0 saturated heterocycles. The van der Waals surface area contributed by atoms with Crippen molar-refractivity contribution >= 4 is 23.3 Å². The Morgan fingerprint density at radius 3 is 2.00 bits per heavy atom. The van der Waals surface area contributed by atoms with E-state index in [1.54, 1.807) is 0 Å². The SMILES string of the molecule is O=C[C@@H]1c2ccccc2[C@H](C=O)c2c1ccc1ccccc21. The van der Waals surface area contributed by atoms with Crippen LogP contribution in [-0.2, 0) is 9.59 Å². The number of benzene rings is 3. The lowest BCUT2D eigenvalue weighted by molar-refractivity contribution is -0.109. The van der Waals surface area contributed by atoms with Crippen molar-refractivity contribution in [1.29, 1.82) is 0 Å². The van der Waals surface area contributed by atoms with E-state index in [1.807, 2.05) is 60.7 Å². The van der Waals surface area contributed by atoms with Gasteiger partial charge in [0.2, 0.25) is 0 Å². The van der Waals surface area contributed by atoms with Crippen molar-refractivity contribution in [3.8, 4) is 0 Å². The predicted molar refractivity (Wildman–Crippen MR) is 86.2 cm³/mol. The highest BCUT2D eigenvalue weighted by Gasteiger charge is 2.32. The van der Waals surface area contributed by atoms with Gasteiger partial charge in [0.05, 0.1) is 11.8 Å². The van der Waals surface area contributed by atoms with Gasteiger partial charge in [0, 0.05) is 0 Å². The molecule has 1 aliphatic rings. The topological polar surface area (TPSA) is 34.1 Å². The number of hydrogen-bond donors (Lipinski definition) is 0. The third kappa shape index (κ3) is 1.67. The van der Waals surface area contributed by atoms with E-state index >= 15 is 0 Å². The summed E-state index contributed by atoms with van der Waals surface area (Å²) in [6.45, 7) is 0. The normalized spacial score (nSPS) is 19.3. The lowest BCUT2D eigenvalue weighted by Crippen LogP contribution is -2.20. The average molecular weight is 286 g/mol. The quantitative estimate of drug-likeness (QED) is 0.671. The molecule has 0 N–H and O–H groups in total. The van der Waals surface area contributed by atoms with Crippen molar-refractivity contribution in [2.45, 2.75) is 11.8 Å². The van der Waals surface area contributed by atoms with Crippen molar-refractivity contribution in [3.63, 3.8) is 0 Å². The van der Waals surface area contributed by atoms with Gasteiger partial charge in [-0.2, -0.15) is 0 Å². The van der Waals surface area contributed by atoms with Gasteiger partial charge in [0.15, 0.2) is 0 Å². The second kappa shape index (κ2) is 4.92. The minimum Gasteiger partial charge on any atom is -0.302 e. The van der Waals surface area contributed by atoms with Gasteiger partial charge in [-0.15, -0.1) is 0 Å². The molecule has 0 amide bonds. The Labute approximate surface area is 128 Å². The van der Waals surface area contributed by atoms with E-state index < -0.39 is 0 Å². The van der Waals surface area contributed by atoms with Crippen molar-refractivity contribution in [3.05, 3.63) is 82.9 Å². The zero-order chi connectivity index (χ0) is 15.1. The highest BCUT2D eigenvalue weighted by atomic mass is 16.1. The second-order valence-corrected chi connectivity index (χ2v) is 5.65. The first-order valence-corrected chi connectivity index (χ1v) is 7.36. The Bertz CT molecular complexity index is 895. The minimum atomic E-state index is -0.312. The molecule has 106 valence electrons. The monoisotopic (exact) mass is 286 g/mol. The smallest absolute Gasteiger partial charge is 0.131 e. The summed E-state index contributed by atoms with van der Waals surface area (Å²) in [5, 5.41) is 2.15. The molecule has 22 heavy (non-hydrogen) atoms. The number of carbonyl (C=O) groups is 2. The standard InChI is InChI=1S/C20H14O2/c21-11-18-15-7-3-4-8-16(15)19(12-22)20-14-6-2-1-5-13(14)9-10-17(18)20/h1-12,18-19H/t18-,19+/m1/s1. The summed E-state index contributed by atoms with van der Waals surface area (Å²) in [7, 11) is 0. The molecule has 2 nitrogen and oxygen atoms in total. The van der Waals surface area contributed by atoms with Crippen LogP contribution in [0, 0.1) is 0 Å². The molecule has 0 bridgehead atoms. The average Bonchev–Trinajstić information content (AvgIpc) is 2.59. The van der Waals surface area contributed by atoms with Crippen LogP contribution in [0.25, 0.3) is 10.8 Å². The number of hydrogen-bond acceptors (Lipinski definition) is 2. The molecule has 2 heteroatoms. The van der Waals surface area contributed by atoms with Crippen LogP contribution in [0.4, 0.5) is 0 Å². The van der Waals surface area contributed by atoms with E-state index in [4.69, 9.17) is 0 Å². The third-order valence-electron chi connectivity index (χ3n) is 4.59. The highest BCUT2D eigenvalue weighted by Crippen LogP contribution is 2.44. The van der Waals surface area contributed by atoms with Crippen LogP contribution in [0.2, 0.25) is 0 Å². The number of aldehydes is 2. The van der Waals surface area contributed by atoms with Gasteiger partial charge in [0.1, 0.15) is 12.6 Å². The molecule has 0 spiro atoms. The van der Waals surface area contributed by atoms with Crippen LogP contribution >= 0.6 is 0 Å². The maximum atomic E-state index is 11.8. The Kier molecular flexibility index (Phi) is 2.90. The Balaban J connectivity index is 2.13. The van der Waals surface area contributed by atoms with Crippen molar-refractivity contribution in [2.24, 2.45) is 0 Å². The van der Waals surface area contributed by atoms with Gasteiger partial charge in [-0.25, -0.2) is 0 Å². The fourth-order valence-corrected chi connectivity index (χ4v) is 3.62. The molecule has 0 heterocycles. The van der Waals surface area contributed by atoms with Gasteiger partial charge in [0.25, 0.3) is 0 Å². The summed E-state index contributed by atoms with van der Waals surface area (Å²) < 4.78 is 0. The molecule has 0 fully saturated rings. The summed E-state index contributed by atoms with van der Waals surface area (Å²) in [6.07, 6.45) is 1.97. The maximum Gasteiger partial charge on any atom is 0.131 e. The van der Waals surface area contributed by atoms with Crippen molar-refractivity contribution < 1.29 is 9.59 Å². The van der Waals surface area contributed by atoms with Gasteiger partial charge in [-0.05, 0) is 33.0 Å². The molecular weight excluding hydrogens is 272 g/mol. The summed E-state index contributed by atoms with van der Waals surface area (Å²) >= 11 is 0. The highest BCUT2D eigenvalue weighted by molar-refractivity contribution is 5.94. The first-order valence-electron chi connectivity index (χ1n) is 7.36. The first-order chi connectivity index (χ1) is 10.8. The van der Waals surface area contributed by atoms with Crippen LogP contribution < -0.4 is 0 Å². The van der Waals surface area contributed by atoms with E-state index in [0.29, 0.717) is 0 Å². The van der Waals surface area contributed by atoms with Gasteiger partial charge < -0.3 is 9.59 Å². The molecule has 4 rings (SSSR count). The molecule has 0 unspecified atom stereocenters. The Hall–Kier alpha value is -2.74. The zero-order valence-electron chi connectivity index (χ0n) is 11.9. The lowest BCUT2D eigenvalue weighted by Gasteiger charge is -2.30. The summed E-state index contributed by atoms with van der Waals surface area (Å²) in [5.41, 5.74) is 3.81. The van der Waals surface area contributed by atoms with Gasteiger partial charge in [-0.3, -0.25) is 0 Å². The minimum absolute atomic E-state index is 0.299. The predicted octanol–water partition coefficient (Wildman–Crippen LogP) is 3.81. The fraction of sp³-hybridized carbons (Fsp3) is 0.100. The van der Waals surface area contributed by atoms with Gasteiger partial charge >= 0.3 is 0 Å². The van der Waals surface area contributed by atoms with E-state index in [9.17, 15) is 9.59 Å². The maximum absolute atomic E-state index is 11.8.